The average molecular weight is 378 g/mol. The Morgan fingerprint density at radius 2 is 2.04 bits per heavy atom. The number of anilines is 1. The lowest BCUT2D eigenvalue weighted by Gasteiger charge is -2.38. The summed E-state index contributed by atoms with van der Waals surface area (Å²) in [7, 11) is 1.60. The first kappa shape index (κ1) is 15.6. The third-order valence-electron chi connectivity index (χ3n) is 3.48. The van der Waals surface area contributed by atoms with Gasteiger partial charge in [-0.25, -0.2) is 9.78 Å². The molecular weight excluding hydrogens is 362 g/mol. The summed E-state index contributed by atoms with van der Waals surface area (Å²) >= 11 is 3.39. The summed E-state index contributed by atoms with van der Waals surface area (Å²) in [5, 5.41) is 2.84. The Kier molecular flexibility index (Phi) is 4.66. The highest BCUT2D eigenvalue weighted by atomic mass is 79.9. The van der Waals surface area contributed by atoms with E-state index in [2.05, 4.69) is 26.2 Å². The second-order valence-corrected chi connectivity index (χ2v) is 5.95. The van der Waals surface area contributed by atoms with Crippen molar-refractivity contribution >= 4 is 27.6 Å². The molecule has 1 N–H and O–H groups in total. The third kappa shape index (κ3) is 3.73. The molecule has 0 bridgehead atoms. The summed E-state index contributed by atoms with van der Waals surface area (Å²) in [5.41, 5.74) is 0.729. The van der Waals surface area contributed by atoms with E-state index in [0.29, 0.717) is 19.0 Å². The number of carbonyl (C=O) groups excluding carboxylic acids is 1. The number of hydrogen-bond acceptors (Lipinski definition) is 4. The monoisotopic (exact) mass is 377 g/mol. The molecule has 1 aliphatic rings. The fraction of sp³-hybridized carbons (Fsp3) is 0.250. The van der Waals surface area contributed by atoms with Crippen molar-refractivity contribution in [1.29, 1.82) is 0 Å². The van der Waals surface area contributed by atoms with E-state index >= 15 is 0 Å². The minimum absolute atomic E-state index is 0.0391. The standard InChI is InChI=1S/C16H16BrN3O3/c1-22-12-6-4-11(5-7-12)19-16(21)20-9-13(10-20)23-15-14(17)3-2-8-18-15/h2-8,13H,9-10H2,1H3,(H,19,21). The second-order valence-electron chi connectivity index (χ2n) is 5.09. The molecule has 2 heterocycles. The summed E-state index contributed by atoms with van der Waals surface area (Å²) in [4.78, 5) is 18.0. The van der Waals surface area contributed by atoms with Crippen LogP contribution in [0.1, 0.15) is 0 Å². The molecule has 1 aromatic heterocycles. The molecule has 0 aliphatic carbocycles. The van der Waals surface area contributed by atoms with Gasteiger partial charge in [0.15, 0.2) is 0 Å². The number of ether oxygens (including phenoxy) is 2. The summed E-state index contributed by atoms with van der Waals surface area (Å²) in [6.45, 7) is 1.07. The van der Waals surface area contributed by atoms with Gasteiger partial charge in [-0.05, 0) is 52.3 Å². The fourth-order valence-corrected chi connectivity index (χ4v) is 2.52. The minimum Gasteiger partial charge on any atom is -0.497 e. The second kappa shape index (κ2) is 6.87. The van der Waals surface area contributed by atoms with Gasteiger partial charge >= 0.3 is 6.03 Å². The van der Waals surface area contributed by atoms with Crippen LogP contribution in [0.5, 0.6) is 11.6 Å². The molecule has 7 heteroatoms. The zero-order chi connectivity index (χ0) is 16.2. The Labute approximate surface area is 142 Å². The Bertz CT molecular complexity index is 687. The molecule has 1 saturated heterocycles. The van der Waals surface area contributed by atoms with Crippen LogP contribution in [-0.2, 0) is 0 Å². The number of hydrogen-bond donors (Lipinski definition) is 1. The molecule has 1 aliphatic heterocycles. The maximum Gasteiger partial charge on any atom is 0.322 e. The van der Waals surface area contributed by atoms with Crippen LogP contribution in [0.2, 0.25) is 0 Å². The van der Waals surface area contributed by atoms with Crippen molar-refractivity contribution in [3.8, 4) is 11.6 Å². The Morgan fingerprint density at radius 3 is 2.70 bits per heavy atom. The fourth-order valence-electron chi connectivity index (χ4n) is 2.17. The molecule has 1 aromatic carbocycles. The molecule has 0 spiro atoms. The maximum atomic E-state index is 12.1. The molecule has 23 heavy (non-hydrogen) atoms. The van der Waals surface area contributed by atoms with Gasteiger partial charge < -0.3 is 19.7 Å². The van der Waals surface area contributed by atoms with Crippen molar-refractivity contribution in [2.24, 2.45) is 0 Å². The first-order valence-electron chi connectivity index (χ1n) is 7.13. The van der Waals surface area contributed by atoms with E-state index in [1.807, 2.05) is 12.1 Å². The number of rotatable bonds is 4. The Balaban J connectivity index is 1.48. The summed E-state index contributed by atoms with van der Waals surface area (Å²) in [6.07, 6.45) is 1.63. The number of amides is 2. The number of carbonyl (C=O) groups is 1. The molecule has 0 atom stereocenters. The first-order valence-corrected chi connectivity index (χ1v) is 7.92. The zero-order valence-corrected chi connectivity index (χ0v) is 14.1. The molecule has 2 amide bonds. The molecule has 0 unspecified atom stereocenters. The molecule has 0 saturated carbocycles. The normalized spacial score (nSPS) is 14.1. The highest BCUT2D eigenvalue weighted by Gasteiger charge is 2.33. The molecule has 3 rings (SSSR count). The van der Waals surface area contributed by atoms with Gasteiger partial charge in [-0.15, -0.1) is 0 Å². The van der Waals surface area contributed by atoms with Crippen molar-refractivity contribution in [3.63, 3.8) is 0 Å². The van der Waals surface area contributed by atoms with Crippen LogP contribution in [0.15, 0.2) is 47.1 Å². The third-order valence-corrected chi connectivity index (χ3v) is 4.08. The van der Waals surface area contributed by atoms with Gasteiger partial charge in [0, 0.05) is 11.9 Å². The first-order chi connectivity index (χ1) is 11.2. The number of likely N-dealkylation sites (tertiary alicyclic amines) is 1. The van der Waals surface area contributed by atoms with Gasteiger partial charge in [-0.3, -0.25) is 0 Å². The van der Waals surface area contributed by atoms with E-state index in [-0.39, 0.29) is 12.1 Å². The molecule has 120 valence electrons. The van der Waals surface area contributed by atoms with Crippen molar-refractivity contribution in [2.75, 3.05) is 25.5 Å². The highest BCUT2D eigenvalue weighted by molar-refractivity contribution is 9.10. The van der Waals surface area contributed by atoms with E-state index < -0.39 is 0 Å². The smallest absolute Gasteiger partial charge is 0.322 e. The van der Waals surface area contributed by atoms with E-state index in [1.165, 1.54) is 0 Å². The van der Waals surface area contributed by atoms with Gasteiger partial charge in [-0.2, -0.15) is 0 Å². The predicted molar refractivity (Wildman–Crippen MR) is 89.9 cm³/mol. The Morgan fingerprint density at radius 1 is 1.30 bits per heavy atom. The summed E-state index contributed by atoms with van der Waals surface area (Å²) in [6, 6.07) is 10.8. The van der Waals surface area contributed by atoms with E-state index in [4.69, 9.17) is 9.47 Å². The molecule has 2 aromatic rings. The minimum atomic E-state index is -0.143. The predicted octanol–water partition coefficient (Wildman–Crippen LogP) is 3.15. The van der Waals surface area contributed by atoms with Crippen LogP contribution in [0.25, 0.3) is 0 Å². The summed E-state index contributed by atoms with van der Waals surface area (Å²) in [5.74, 6) is 1.30. The lowest BCUT2D eigenvalue weighted by Crippen LogP contribution is -2.57. The highest BCUT2D eigenvalue weighted by Crippen LogP contribution is 2.24. The van der Waals surface area contributed by atoms with Crippen LogP contribution in [0, 0.1) is 0 Å². The molecular formula is C16H16BrN3O3. The lowest BCUT2D eigenvalue weighted by molar-refractivity contribution is 0.0455. The van der Waals surface area contributed by atoms with Crippen molar-refractivity contribution in [2.45, 2.75) is 6.10 Å². The van der Waals surface area contributed by atoms with Gasteiger partial charge in [0.25, 0.3) is 0 Å². The largest absolute Gasteiger partial charge is 0.497 e. The van der Waals surface area contributed by atoms with Gasteiger partial charge in [0.2, 0.25) is 5.88 Å². The summed E-state index contributed by atoms with van der Waals surface area (Å²) < 4.78 is 11.6. The zero-order valence-electron chi connectivity index (χ0n) is 12.5. The average Bonchev–Trinajstić information content (AvgIpc) is 2.52. The number of aromatic nitrogens is 1. The van der Waals surface area contributed by atoms with Crippen LogP contribution >= 0.6 is 15.9 Å². The van der Waals surface area contributed by atoms with Crippen LogP contribution in [0.4, 0.5) is 10.5 Å². The van der Waals surface area contributed by atoms with Crippen molar-refractivity contribution in [1.82, 2.24) is 9.88 Å². The van der Waals surface area contributed by atoms with Crippen molar-refractivity contribution < 1.29 is 14.3 Å². The molecule has 1 fully saturated rings. The molecule has 0 radical (unpaired) electrons. The van der Waals surface area contributed by atoms with Gasteiger partial charge in [-0.1, -0.05) is 0 Å². The Hall–Kier alpha value is -2.28. The van der Waals surface area contributed by atoms with Gasteiger partial charge in [0.05, 0.1) is 24.7 Å². The van der Waals surface area contributed by atoms with Crippen LogP contribution in [-0.4, -0.2) is 42.2 Å². The number of nitrogens with zero attached hydrogens (tertiary/aromatic N) is 2. The topological polar surface area (TPSA) is 63.7 Å². The van der Waals surface area contributed by atoms with E-state index in [9.17, 15) is 4.79 Å². The van der Waals surface area contributed by atoms with Crippen LogP contribution in [0.3, 0.4) is 0 Å². The quantitative estimate of drug-likeness (QED) is 0.888. The number of urea groups is 1. The maximum absolute atomic E-state index is 12.1. The van der Waals surface area contributed by atoms with E-state index in [1.54, 1.807) is 42.5 Å². The van der Waals surface area contributed by atoms with Gasteiger partial charge in [0.1, 0.15) is 11.9 Å². The molecule has 6 nitrogen and oxygen atoms in total. The van der Waals surface area contributed by atoms with E-state index in [0.717, 1.165) is 15.9 Å². The number of nitrogens with one attached hydrogen (secondary N) is 1. The number of pyridine rings is 1. The number of benzene rings is 1. The van der Waals surface area contributed by atoms with Crippen molar-refractivity contribution in [3.05, 3.63) is 47.1 Å². The lowest BCUT2D eigenvalue weighted by atomic mass is 10.2. The number of halogens is 1. The van der Waals surface area contributed by atoms with Crippen LogP contribution < -0.4 is 14.8 Å². The number of methoxy groups -OCH3 is 1. The SMILES string of the molecule is COc1ccc(NC(=O)N2CC(Oc3ncccc3Br)C2)cc1.